The van der Waals surface area contributed by atoms with E-state index in [2.05, 4.69) is 0 Å². The van der Waals surface area contributed by atoms with E-state index in [9.17, 15) is 4.79 Å². The van der Waals surface area contributed by atoms with E-state index in [1.165, 1.54) is 0 Å². The Morgan fingerprint density at radius 2 is 1.63 bits per heavy atom. The number of ether oxygens (including phenoxy) is 3. The normalized spacial score (nSPS) is 12.7. The molecule has 0 rings (SSSR count). The SMILES string of the molecule is CCOC(=O)C(N)CCSCCC(OCC)OCC. The molecule has 0 fully saturated rings. The maximum Gasteiger partial charge on any atom is 0.322 e. The fourth-order valence-corrected chi connectivity index (χ4v) is 2.43. The Labute approximate surface area is 120 Å². The van der Waals surface area contributed by atoms with Gasteiger partial charge in [0.15, 0.2) is 6.29 Å². The van der Waals surface area contributed by atoms with Crippen molar-refractivity contribution in [2.45, 2.75) is 45.9 Å². The van der Waals surface area contributed by atoms with Gasteiger partial charge in [-0.2, -0.15) is 11.8 Å². The molecule has 0 bridgehead atoms. The fraction of sp³-hybridized carbons (Fsp3) is 0.923. The molecule has 0 saturated carbocycles. The van der Waals surface area contributed by atoms with E-state index >= 15 is 0 Å². The molecule has 0 radical (unpaired) electrons. The van der Waals surface area contributed by atoms with Crippen LogP contribution in [0.3, 0.4) is 0 Å². The number of rotatable bonds is 12. The van der Waals surface area contributed by atoms with Crippen molar-refractivity contribution in [3.63, 3.8) is 0 Å². The Morgan fingerprint density at radius 3 is 2.16 bits per heavy atom. The lowest BCUT2D eigenvalue weighted by atomic mass is 10.2. The van der Waals surface area contributed by atoms with Gasteiger partial charge in [-0.25, -0.2) is 0 Å². The van der Waals surface area contributed by atoms with E-state index in [1.807, 2.05) is 13.8 Å². The average molecular weight is 293 g/mol. The number of thioether (sulfide) groups is 1. The minimum Gasteiger partial charge on any atom is -0.465 e. The molecule has 19 heavy (non-hydrogen) atoms. The minimum absolute atomic E-state index is 0.124. The van der Waals surface area contributed by atoms with Crippen LogP contribution in [0.25, 0.3) is 0 Å². The molecule has 0 aromatic heterocycles. The van der Waals surface area contributed by atoms with Gasteiger partial charge in [-0.3, -0.25) is 4.79 Å². The highest BCUT2D eigenvalue weighted by Gasteiger charge is 2.14. The van der Waals surface area contributed by atoms with Crippen molar-refractivity contribution in [2.24, 2.45) is 5.73 Å². The first kappa shape index (κ1) is 18.7. The summed E-state index contributed by atoms with van der Waals surface area (Å²) < 4.78 is 15.7. The van der Waals surface area contributed by atoms with E-state index in [0.717, 1.165) is 17.9 Å². The van der Waals surface area contributed by atoms with Crippen LogP contribution >= 0.6 is 11.8 Å². The molecule has 0 saturated heterocycles. The molecule has 0 aliphatic rings. The van der Waals surface area contributed by atoms with Gasteiger partial charge in [0.05, 0.1) is 6.61 Å². The number of carbonyl (C=O) groups is 1. The van der Waals surface area contributed by atoms with E-state index in [0.29, 0.717) is 26.2 Å². The van der Waals surface area contributed by atoms with Crippen molar-refractivity contribution in [3.8, 4) is 0 Å². The summed E-state index contributed by atoms with van der Waals surface area (Å²) in [7, 11) is 0. The summed E-state index contributed by atoms with van der Waals surface area (Å²) >= 11 is 1.75. The lowest BCUT2D eigenvalue weighted by molar-refractivity contribution is -0.144. The highest BCUT2D eigenvalue weighted by Crippen LogP contribution is 2.11. The zero-order valence-electron chi connectivity index (χ0n) is 12.2. The van der Waals surface area contributed by atoms with Crippen LogP contribution in [0.1, 0.15) is 33.6 Å². The molecule has 2 N–H and O–H groups in total. The van der Waals surface area contributed by atoms with Gasteiger partial charge in [-0.1, -0.05) is 0 Å². The molecule has 1 atom stereocenters. The molecule has 1 unspecified atom stereocenters. The number of hydrogen-bond acceptors (Lipinski definition) is 6. The Hall–Kier alpha value is -0.300. The number of nitrogens with two attached hydrogens (primary N) is 1. The summed E-state index contributed by atoms with van der Waals surface area (Å²) in [5, 5.41) is 0. The maximum atomic E-state index is 11.3. The van der Waals surface area contributed by atoms with Crippen LogP contribution in [0.15, 0.2) is 0 Å². The van der Waals surface area contributed by atoms with Crippen molar-refractivity contribution in [1.29, 1.82) is 0 Å². The van der Waals surface area contributed by atoms with Crippen LogP contribution in [-0.2, 0) is 19.0 Å². The average Bonchev–Trinajstić information content (AvgIpc) is 2.38. The van der Waals surface area contributed by atoms with E-state index < -0.39 is 6.04 Å². The minimum atomic E-state index is -0.512. The monoisotopic (exact) mass is 293 g/mol. The maximum absolute atomic E-state index is 11.3. The van der Waals surface area contributed by atoms with Crippen molar-refractivity contribution >= 4 is 17.7 Å². The van der Waals surface area contributed by atoms with E-state index in [-0.39, 0.29) is 12.3 Å². The smallest absolute Gasteiger partial charge is 0.322 e. The van der Waals surface area contributed by atoms with Crippen LogP contribution in [0.4, 0.5) is 0 Å². The summed E-state index contributed by atoms with van der Waals surface area (Å²) in [5.74, 6) is 1.45. The third-order valence-electron chi connectivity index (χ3n) is 2.37. The molecular formula is C13H27NO4S. The number of esters is 1. The predicted molar refractivity (Wildman–Crippen MR) is 78.2 cm³/mol. The lowest BCUT2D eigenvalue weighted by Crippen LogP contribution is -2.32. The molecular weight excluding hydrogens is 266 g/mol. The predicted octanol–water partition coefficient (Wildman–Crippen LogP) is 1.79. The summed E-state index contributed by atoms with van der Waals surface area (Å²) in [6.07, 6.45) is 1.36. The van der Waals surface area contributed by atoms with Gasteiger partial charge < -0.3 is 19.9 Å². The first-order chi connectivity index (χ1) is 9.15. The number of carbonyl (C=O) groups excluding carboxylic acids is 1. The Balaban J connectivity index is 3.59. The Morgan fingerprint density at radius 1 is 1.05 bits per heavy atom. The topological polar surface area (TPSA) is 70.8 Å². The largest absolute Gasteiger partial charge is 0.465 e. The van der Waals surface area contributed by atoms with Crippen molar-refractivity contribution in [3.05, 3.63) is 0 Å². The third kappa shape index (κ3) is 10.2. The Kier molecular flexibility index (Phi) is 12.5. The van der Waals surface area contributed by atoms with Crippen molar-refractivity contribution < 1.29 is 19.0 Å². The second kappa shape index (κ2) is 12.7. The van der Waals surface area contributed by atoms with E-state index in [4.69, 9.17) is 19.9 Å². The summed E-state index contributed by atoms with van der Waals surface area (Å²) in [4.78, 5) is 11.3. The zero-order chi connectivity index (χ0) is 14.5. The molecule has 114 valence electrons. The standard InChI is InChI=1S/C13H27NO4S/c1-4-16-12(17-5-2)8-10-19-9-7-11(14)13(15)18-6-3/h11-12H,4-10,14H2,1-3H3. The second-order valence-electron chi connectivity index (χ2n) is 3.89. The molecule has 0 aromatic carbocycles. The van der Waals surface area contributed by atoms with Gasteiger partial charge in [0.1, 0.15) is 6.04 Å². The summed E-state index contributed by atoms with van der Waals surface area (Å²) in [5.41, 5.74) is 5.70. The molecule has 0 heterocycles. The second-order valence-corrected chi connectivity index (χ2v) is 5.11. The van der Waals surface area contributed by atoms with Crippen LogP contribution in [0, 0.1) is 0 Å². The fourth-order valence-electron chi connectivity index (χ4n) is 1.45. The van der Waals surface area contributed by atoms with Gasteiger partial charge in [0, 0.05) is 19.6 Å². The lowest BCUT2D eigenvalue weighted by Gasteiger charge is -2.16. The van der Waals surface area contributed by atoms with Gasteiger partial charge >= 0.3 is 5.97 Å². The quantitative estimate of drug-likeness (QED) is 0.336. The van der Waals surface area contributed by atoms with Gasteiger partial charge in [-0.05, 0) is 38.7 Å². The van der Waals surface area contributed by atoms with Crippen LogP contribution < -0.4 is 5.73 Å². The first-order valence-corrected chi connectivity index (χ1v) is 8.04. The van der Waals surface area contributed by atoms with Gasteiger partial charge in [-0.15, -0.1) is 0 Å². The zero-order valence-corrected chi connectivity index (χ0v) is 13.0. The first-order valence-electron chi connectivity index (χ1n) is 6.88. The van der Waals surface area contributed by atoms with Crippen molar-refractivity contribution in [2.75, 3.05) is 31.3 Å². The molecule has 0 spiro atoms. The molecule has 6 heteroatoms. The summed E-state index contributed by atoms with van der Waals surface area (Å²) in [6.45, 7) is 7.38. The van der Waals surface area contributed by atoms with Crippen LogP contribution in [0.2, 0.25) is 0 Å². The van der Waals surface area contributed by atoms with Gasteiger partial charge in [0.25, 0.3) is 0 Å². The van der Waals surface area contributed by atoms with Crippen molar-refractivity contribution in [1.82, 2.24) is 0 Å². The molecule has 0 aromatic rings. The molecule has 0 aliphatic heterocycles. The van der Waals surface area contributed by atoms with Gasteiger partial charge in [0.2, 0.25) is 0 Å². The third-order valence-corrected chi connectivity index (χ3v) is 3.41. The highest BCUT2D eigenvalue weighted by molar-refractivity contribution is 7.99. The molecule has 5 nitrogen and oxygen atoms in total. The van der Waals surface area contributed by atoms with E-state index in [1.54, 1.807) is 18.7 Å². The van der Waals surface area contributed by atoms with Crippen LogP contribution in [-0.4, -0.2) is 49.6 Å². The highest BCUT2D eigenvalue weighted by atomic mass is 32.2. The number of hydrogen-bond donors (Lipinski definition) is 1. The molecule has 0 aliphatic carbocycles. The van der Waals surface area contributed by atoms with Crippen LogP contribution in [0.5, 0.6) is 0 Å². The summed E-state index contributed by atoms with van der Waals surface area (Å²) in [6, 6.07) is -0.512. The molecule has 0 amide bonds. The Bertz CT molecular complexity index is 223.